The molecule has 0 atom stereocenters. The molecule has 18 heavy (non-hydrogen) atoms. The number of aromatic nitrogens is 2. The summed E-state index contributed by atoms with van der Waals surface area (Å²) in [5.41, 5.74) is 3.08. The van der Waals surface area contributed by atoms with Gasteiger partial charge in [0.1, 0.15) is 5.65 Å². The molecular formula is C15H9ClN2. The van der Waals surface area contributed by atoms with Gasteiger partial charge in [-0.15, -0.1) is 0 Å². The molecule has 2 aromatic carbocycles. The lowest BCUT2D eigenvalue weighted by Crippen LogP contribution is -1.85. The molecular weight excluding hydrogens is 244 g/mol. The second kappa shape index (κ2) is 3.47. The number of rotatable bonds is 0. The quantitative estimate of drug-likeness (QED) is 0.456. The molecule has 2 nitrogen and oxygen atoms in total. The van der Waals surface area contributed by atoms with Gasteiger partial charge in [-0.3, -0.25) is 4.40 Å². The Hall–Kier alpha value is -2.06. The Bertz CT molecular complexity index is 893. The molecule has 0 aliphatic carbocycles. The third kappa shape index (κ3) is 1.27. The first-order valence-electron chi connectivity index (χ1n) is 5.78. The minimum atomic E-state index is 0.739. The molecule has 0 aliphatic heterocycles. The van der Waals surface area contributed by atoms with Crippen molar-refractivity contribution in [2.75, 3.05) is 0 Å². The van der Waals surface area contributed by atoms with Crippen molar-refractivity contribution in [2.45, 2.75) is 0 Å². The lowest BCUT2D eigenvalue weighted by Gasteiger charge is -2.01. The number of nitrogens with zero attached hydrogens (tertiary/aromatic N) is 2. The Balaban J connectivity index is 2.31. The maximum absolute atomic E-state index is 6.08. The number of para-hydroxylation sites is 2. The number of hydrogen-bond donors (Lipinski definition) is 0. The summed E-state index contributed by atoms with van der Waals surface area (Å²) in [5, 5.41) is 2.98. The summed E-state index contributed by atoms with van der Waals surface area (Å²) in [6.07, 6.45) is 2.06. The molecule has 0 fully saturated rings. The second-order valence-corrected chi connectivity index (χ2v) is 4.78. The summed E-state index contributed by atoms with van der Waals surface area (Å²) in [5.74, 6) is 0. The summed E-state index contributed by atoms with van der Waals surface area (Å²) in [4.78, 5) is 4.69. The third-order valence-electron chi connectivity index (χ3n) is 3.26. The average Bonchev–Trinajstić information content (AvgIpc) is 2.78. The van der Waals surface area contributed by atoms with Crippen molar-refractivity contribution in [3.05, 3.63) is 59.8 Å². The predicted molar refractivity (Wildman–Crippen MR) is 75.2 cm³/mol. The van der Waals surface area contributed by atoms with E-state index < -0.39 is 0 Å². The van der Waals surface area contributed by atoms with Crippen LogP contribution in [0.1, 0.15) is 0 Å². The molecule has 2 heterocycles. The van der Waals surface area contributed by atoms with E-state index in [2.05, 4.69) is 27.7 Å². The highest BCUT2D eigenvalue weighted by atomic mass is 35.5. The van der Waals surface area contributed by atoms with E-state index >= 15 is 0 Å². The minimum Gasteiger partial charge on any atom is -0.299 e. The normalized spacial score (nSPS) is 11.6. The highest BCUT2D eigenvalue weighted by Gasteiger charge is 2.07. The number of hydrogen-bond acceptors (Lipinski definition) is 1. The number of pyridine rings is 1. The van der Waals surface area contributed by atoms with Gasteiger partial charge in [0.25, 0.3) is 0 Å². The van der Waals surface area contributed by atoms with Crippen molar-refractivity contribution in [2.24, 2.45) is 0 Å². The molecule has 0 spiro atoms. The zero-order valence-electron chi connectivity index (χ0n) is 9.47. The van der Waals surface area contributed by atoms with Crippen LogP contribution in [-0.2, 0) is 0 Å². The van der Waals surface area contributed by atoms with Crippen molar-refractivity contribution in [1.29, 1.82) is 0 Å². The van der Waals surface area contributed by atoms with Gasteiger partial charge in [0.15, 0.2) is 0 Å². The van der Waals surface area contributed by atoms with Crippen LogP contribution < -0.4 is 0 Å². The lowest BCUT2D eigenvalue weighted by atomic mass is 10.2. The van der Waals surface area contributed by atoms with Crippen molar-refractivity contribution < 1.29 is 0 Å². The molecule has 0 saturated carbocycles. The van der Waals surface area contributed by atoms with E-state index in [-0.39, 0.29) is 0 Å². The first-order valence-corrected chi connectivity index (χ1v) is 6.16. The van der Waals surface area contributed by atoms with E-state index in [9.17, 15) is 0 Å². The van der Waals surface area contributed by atoms with E-state index in [0.29, 0.717) is 0 Å². The molecule has 0 unspecified atom stereocenters. The molecule has 0 N–H and O–H groups in total. The predicted octanol–water partition coefficient (Wildman–Crippen LogP) is 4.29. The van der Waals surface area contributed by atoms with Crippen LogP contribution in [0.25, 0.3) is 27.5 Å². The van der Waals surface area contributed by atoms with Crippen LogP contribution in [0.2, 0.25) is 5.02 Å². The Morgan fingerprint density at radius 2 is 1.89 bits per heavy atom. The van der Waals surface area contributed by atoms with E-state index in [0.717, 1.165) is 32.5 Å². The summed E-state index contributed by atoms with van der Waals surface area (Å²) in [6, 6.07) is 16.1. The Morgan fingerprint density at radius 3 is 2.83 bits per heavy atom. The monoisotopic (exact) mass is 252 g/mol. The second-order valence-electron chi connectivity index (χ2n) is 4.34. The summed E-state index contributed by atoms with van der Waals surface area (Å²) in [7, 11) is 0. The molecule has 4 aromatic rings. The third-order valence-corrected chi connectivity index (χ3v) is 3.49. The van der Waals surface area contributed by atoms with Crippen LogP contribution in [-0.4, -0.2) is 9.38 Å². The summed E-state index contributed by atoms with van der Waals surface area (Å²) >= 11 is 6.08. The lowest BCUT2D eigenvalue weighted by molar-refractivity contribution is 1.25. The first kappa shape index (κ1) is 9.92. The molecule has 2 aromatic heterocycles. The maximum Gasteiger partial charge on any atom is 0.145 e. The van der Waals surface area contributed by atoms with E-state index in [1.165, 1.54) is 0 Å². The topological polar surface area (TPSA) is 17.3 Å². The number of imidazole rings is 1. The van der Waals surface area contributed by atoms with Gasteiger partial charge in [-0.1, -0.05) is 29.8 Å². The van der Waals surface area contributed by atoms with Crippen LogP contribution in [0, 0.1) is 0 Å². The van der Waals surface area contributed by atoms with Gasteiger partial charge in [-0.05, 0) is 35.7 Å². The number of benzene rings is 2. The van der Waals surface area contributed by atoms with Crippen LogP contribution in [0.5, 0.6) is 0 Å². The summed E-state index contributed by atoms with van der Waals surface area (Å²) < 4.78 is 2.11. The zero-order chi connectivity index (χ0) is 12.1. The fourth-order valence-electron chi connectivity index (χ4n) is 2.41. The van der Waals surface area contributed by atoms with E-state index in [1.807, 2.05) is 36.4 Å². The molecule has 86 valence electrons. The van der Waals surface area contributed by atoms with Crippen LogP contribution in [0.4, 0.5) is 0 Å². The molecule has 0 amide bonds. The van der Waals surface area contributed by atoms with Crippen LogP contribution >= 0.6 is 11.6 Å². The van der Waals surface area contributed by atoms with Gasteiger partial charge in [0.2, 0.25) is 0 Å². The van der Waals surface area contributed by atoms with Gasteiger partial charge >= 0.3 is 0 Å². The Labute approximate surface area is 108 Å². The molecule has 0 saturated heterocycles. The van der Waals surface area contributed by atoms with Crippen molar-refractivity contribution in [1.82, 2.24) is 9.38 Å². The van der Waals surface area contributed by atoms with Gasteiger partial charge in [-0.2, -0.15) is 0 Å². The molecule has 0 radical (unpaired) electrons. The maximum atomic E-state index is 6.08. The highest BCUT2D eigenvalue weighted by Crippen LogP contribution is 2.26. The first-order chi connectivity index (χ1) is 8.83. The van der Waals surface area contributed by atoms with Gasteiger partial charge < -0.3 is 0 Å². The molecule has 3 heteroatoms. The minimum absolute atomic E-state index is 0.739. The largest absolute Gasteiger partial charge is 0.299 e. The van der Waals surface area contributed by atoms with Crippen LogP contribution in [0.15, 0.2) is 54.7 Å². The Kier molecular flexibility index (Phi) is 1.91. The zero-order valence-corrected chi connectivity index (χ0v) is 10.2. The number of halogens is 1. The van der Waals surface area contributed by atoms with Crippen LogP contribution in [0.3, 0.4) is 0 Å². The van der Waals surface area contributed by atoms with E-state index in [4.69, 9.17) is 11.6 Å². The van der Waals surface area contributed by atoms with Gasteiger partial charge in [0, 0.05) is 16.6 Å². The molecule has 0 aliphatic rings. The van der Waals surface area contributed by atoms with Crippen molar-refractivity contribution >= 4 is 39.1 Å². The fraction of sp³-hybridized carbons (Fsp3) is 0. The van der Waals surface area contributed by atoms with Gasteiger partial charge in [-0.25, -0.2) is 4.98 Å². The molecule has 4 rings (SSSR count). The molecule has 0 bridgehead atoms. The SMILES string of the molecule is Clc1ccc2ccn3c4ccccc4nc3c2c1. The van der Waals surface area contributed by atoms with Crippen molar-refractivity contribution in [3.8, 4) is 0 Å². The Morgan fingerprint density at radius 1 is 1.00 bits per heavy atom. The average molecular weight is 253 g/mol. The summed E-state index contributed by atoms with van der Waals surface area (Å²) in [6.45, 7) is 0. The number of fused-ring (bicyclic) bond motifs is 5. The smallest absolute Gasteiger partial charge is 0.145 e. The standard InChI is InChI=1S/C15H9ClN2/c16-11-6-5-10-7-8-18-14-4-2-1-3-13(14)17-15(18)12(10)9-11/h1-9H. The van der Waals surface area contributed by atoms with Crippen molar-refractivity contribution in [3.63, 3.8) is 0 Å². The van der Waals surface area contributed by atoms with Gasteiger partial charge in [0.05, 0.1) is 11.0 Å². The highest BCUT2D eigenvalue weighted by molar-refractivity contribution is 6.31. The van der Waals surface area contributed by atoms with E-state index in [1.54, 1.807) is 0 Å². The fourth-order valence-corrected chi connectivity index (χ4v) is 2.58.